The summed E-state index contributed by atoms with van der Waals surface area (Å²) in [4.78, 5) is 2.46. The first-order valence-corrected chi connectivity index (χ1v) is 21.1. The average Bonchev–Trinajstić information content (AvgIpc) is 3.81. The van der Waals surface area contributed by atoms with E-state index in [2.05, 4.69) is 252 Å². The van der Waals surface area contributed by atoms with Gasteiger partial charge in [0.1, 0.15) is 0 Å². The molecule has 0 saturated carbocycles. The molecule has 1 heterocycles. The van der Waals surface area contributed by atoms with Gasteiger partial charge >= 0.3 is 0 Å². The molecule has 0 spiro atoms. The van der Waals surface area contributed by atoms with Crippen LogP contribution in [0.2, 0.25) is 0 Å². The van der Waals surface area contributed by atoms with Crippen molar-refractivity contribution >= 4 is 49.6 Å². The third kappa shape index (κ3) is 5.50. The van der Waals surface area contributed by atoms with E-state index in [9.17, 15) is 0 Å². The van der Waals surface area contributed by atoms with Crippen LogP contribution in [0.1, 0.15) is 22.3 Å². The number of benzene rings is 10. The van der Waals surface area contributed by atoms with Crippen LogP contribution in [-0.4, -0.2) is 4.57 Å². The van der Waals surface area contributed by atoms with Gasteiger partial charge in [-0.15, -0.1) is 0 Å². The van der Waals surface area contributed by atoms with Gasteiger partial charge in [-0.2, -0.15) is 0 Å². The number of hydrogen-bond donors (Lipinski definition) is 0. The summed E-state index contributed by atoms with van der Waals surface area (Å²) in [5.41, 5.74) is 16.2. The zero-order valence-electron chi connectivity index (χ0n) is 33.5. The lowest BCUT2D eigenvalue weighted by Crippen LogP contribution is -2.28. The molecule has 0 unspecified atom stereocenters. The molecule has 2 heteroatoms. The normalized spacial score (nSPS) is 12.7. The van der Waals surface area contributed by atoms with E-state index in [-0.39, 0.29) is 0 Å². The Morgan fingerprint density at radius 3 is 1.61 bits per heavy atom. The summed E-state index contributed by atoms with van der Waals surface area (Å²) in [7, 11) is 0. The highest BCUT2D eigenvalue weighted by atomic mass is 15.1. The third-order valence-corrected chi connectivity index (χ3v) is 12.8. The van der Waals surface area contributed by atoms with E-state index >= 15 is 0 Å². The molecule has 0 atom stereocenters. The fourth-order valence-electron chi connectivity index (χ4n) is 10.2. The van der Waals surface area contributed by atoms with Crippen LogP contribution in [0.3, 0.4) is 0 Å². The minimum absolute atomic E-state index is 0.558. The van der Waals surface area contributed by atoms with E-state index in [0.29, 0.717) is 0 Å². The zero-order chi connectivity index (χ0) is 40.3. The molecule has 1 aliphatic carbocycles. The maximum atomic E-state index is 2.48. The zero-order valence-corrected chi connectivity index (χ0v) is 33.5. The van der Waals surface area contributed by atoms with E-state index in [4.69, 9.17) is 0 Å². The number of nitrogens with zero attached hydrogens (tertiary/aromatic N) is 2. The summed E-state index contributed by atoms with van der Waals surface area (Å²) < 4.78 is 2.39. The van der Waals surface area contributed by atoms with Crippen molar-refractivity contribution in [2.24, 2.45) is 0 Å². The molecular formula is C59H40N2. The Bertz CT molecular complexity index is 3360. The maximum Gasteiger partial charge on any atom is 0.0714 e. The second-order valence-electron chi connectivity index (χ2n) is 16.1. The van der Waals surface area contributed by atoms with Gasteiger partial charge in [0, 0.05) is 33.5 Å². The molecule has 1 aromatic heterocycles. The van der Waals surface area contributed by atoms with E-state index in [1.54, 1.807) is 0 Å². The van der Waals surface area contributed by atoms with Gasteiger partial charge in [-0.3, -0.25) is 0 Å². The lowest BCUT2D eigenvalue weighted by molar-refractivity contribution is 0.769. The smallest absolute Gasteiger partial charge is 0.0714 e. The molecule has 2 nitrogen and oxygen atoms in total. The van der Waals surface area contributed by atoms with Crippen molar-refractivity contribution < 1.29 is 0 Å². The Morgan fingerprint density at radius 1 is 0.328 bits per heavy atom. The first-order valence-electron chi connectivity index (χ1n) is 21.1. The van der Waals surface area contributed by atoms with Crippen molar-refractivity contribution in [1.82, 2.24) is 4.57 Å². The summed E-state index contributed by atoms with van der Waals surface area (Å²) in [6, 6.07) is 89.2. The highest BCUT2D eigenvalue weighted by molar-refractivity contribution is 6.11. The van der Waals surface area contributed by atoms with Crippen molar-refractivity contribution in [2.45, 2.75) is 5.41 Å². The highest BCUT2D eigenvalue weighted by Crippen LogP contribution is 2.58. The SMILES string of the molecule is c1ccc(-c2cccc(N(c3ccc4c(c3)C(c3ccccc3)(c3ccccc3)c3cc5ccccc5cc3-4)c3ccc4c(c3)c3ccccc3n4-c3ccccc3)c2)cc1. The molecule has 12 rings (SSSR count). The number of aromatic nitrogens is 1. The fourth-order valence-corrected chi connectivity index (χ4v) is 10.2. The lowest BCUT2D eigenvalue weighted by atomic mass is 9.67. The highest BCUT2D eigenvalue weighted by Gasteiger charge is 2.46. The van der Waals surface area contributed by atoms with Gasteiger partial charge in [-0.25, -0.2) is 0 Å². The van der Waals surface area contributed by atoms with Gasteiger partial charge in [-0.05, 0) is 128 Å². The molecule has 0 saturated heterocycles. The molecule has 0 amide bonds. The molecule has 10 aromatic carbocycles. The number of rotatable bonds is 7. The molecule has 0 aliphatic heterocycles. The van der Waals surface area contributed by atoms with Crippen LogP contribution in [-0.2, 0) is 5.41 Å². The quantitative estimate of drug-likeness (QED) is 0.156. The summed E-state index contributed by atoms with van der Waals surface area (Å²) in [6.07, 6.45) is 0. The van der Waals surface area contributed by atoms with E-state index in [0.717, 1.165) is 22.7 Å². The molecule has 286 valence electrons. The number of anilines is 3. The predicted molar refractivity (Wildman–Crippen MR) is 256 cm³/mol. The second-order valence-corrected chi connectivity index (χ2v) is 16.1. The Hall–Kier alpha value is -7.94. The van der Waals surface area contributed by atoms with Crippen LogP contribution in [0.15, 0.2) is 243 Å². The second kappa shape index (κ2) is 14.1. The summed E-state index contributed by atoms with van der Waals surface area (Å²) in [6.45, 7) is 0. The standard InChI is InChI=1S/C59H40N2/c1-5-18-41(19-6-1)42-22-17-29-48(36-42)60(49-33-35-58-54(39-49)52-30-15-16-31-57(52)61(58)47-27-11-4-12-28-47)50-32-34-51-53-37-43-20-13-14-21-44(43)38-55(53)59(56(51)40-50,45-23-7-2-8-24-45)46-25-9-3-10-26-46/h1-40H. The van der Waals surface area contributed by atoms with Gasteiger partial charge in [-0.1, -0.05) is 170 Å². The van der Waals surface area contributed by atoms with Crippen LogP contribution in [0.4, 0.5) is 17.1 Å². The number of hydrogen-bond acceptors (Lipinski definition) is 1. The Balaban J connectivity index is 1.14. The first-order chi connectivity index (χ1) is 30.3. The van der Waals surface area contributed by atoms with Crippen LogP contribution < -0.4 is 4.90 Å². The lowest BCUT2D eigenvalue weighted by Gasteiger charge is -2.35. The van der Waals surface area contributed by atoms with Crippen molar-refractivity contribution in [2.75, 3.05) is 4.90 Å². The topological polar surface area (TPSA) is 8.17 Å². The van der Waals surface area contributed by atoms with Crippen molar-refractivity contribution in [1.29, 1.82) is 0 Å². The summed E-state index contributed by atoms with van der Waals surface area (Å²) in [5.74, 6) is 0. The molecular weight excluding hydrogens is 737 g/mol. The summed E-state index contributed by atoms with van der Waals surface area (Å²) >= 11 is 0. The van der Waals surface area contributed by atoms with Crippen molar-refractivity contribution in [3.8, 4) is 27.9 Å². The fraction of sp³-hybridized carbons (Fsp3) is 0.0169. The molecule has 11 aromatic rings. The first kappa shape index (κ1) is 35.0. The Labute approximate surface area is 355 Å². The van der Waals surface area contributed by atoms with Crippen molar-refractivity contribution in [3.05, 3.63) is 265 Å². The van der Waals surface area contributed by atoms with Gasteiger partial charge in [0.15, 0.2) is 0 Å². The van der Waals surface area contributed by atoms with Crippen LogP contribution in [0, 0.1) is 0 Å². The van der Waals surface area contributed by atoms with Crippen LogP contribution >= 0.6 is 0 Å². The predicted octanol–water partition coefficient (Wildman–Crippen LogP) is 15.4. The largest absolute Gasteiger partial charge is 0.310 e. The minimum atomic E-state index is -0.558. The number of para-hydroxylation sites is 2. The minimum Gasteiger partial charge on any atom is -0.310 e. The molecule has 61 heavy (non-hydrogen) atoms. The van der Waals surface area contributed by atoms with E-state index < -0.39 is 5.41 Å². The van der Waals surface area contributed by atoms with E-state index in [1.807, 2.05) is 0 Å². The van der Waals surface area contributed by atoms with Gasteiger partial charge < -0.3 is 9.47 Å². The van der Waals surface area contributed by atoms with Gasteiger partial charge in [0.2, 0.25) is 0 Å². The Kier molecular flexibility index (Phi) is 8.11. The monoisotopic (exact) mass is 776 g/mol. The average molecular weight is 777 g/mol. The van der Waals surface area contributed by atoms with Crippen LogP contribution in [0.5, 0.6) is 0 Å². The molecule has 0 fully saturated rings. The van der Waals surface area contributed by atoms with Crippen molar-refractivity contribution in [3.63, 3.8) is 0 Å². The third-order valence-electron chi connectivity index (χ3n) is 12.8. The van der Waals surface area contributed by atoms with E-state index in [1.165, 1.54) is 77.1 Å². The summed E-state index contributed by atoms with van der Waals surface area (Å²) in [5, 5.41) is 4.93. The molecule has 0 bridgehead atoms. The number of fused-ring (bicyclic) bond motifs is 7. The molecule has 0 N–H and O–H groups in total. The van der Waals surface area contributed by atoms with Gasteiger partial charge in [0.25, 0.3) is 0 Å². The van der Waals surface area contributed by atoms with Crippen LogP contribution in [0.25, 0.3) is 60.5 Å². The Morgan fingerprint density at radius 2 is 0.869 bits per heavy atom. The maximum absolute atomic E-state index is 2.48. The molecule has 1 aliphatic rings. The molecule has 0 radical (unpaired) electrons. The van der Waals surface area contributed by atoms with Gasteiger partial charge in [0.05, 0.1) is 16.4 Å².